The first-order chi connectivity index (χ1) is 9.15. The Labute approximate surface area is 111 Å². The summed E-state index contributed by atoms with van der Waals surface area (Å²) >= 11 is 0. The minimum absolute atomic E-state index is 0.0566. The smallest absolute Gasteiger partial charge is 0.230 e. The second kappa shape index (κ2) is 4.66. The minimum atomic E-state index is -0.434. The molecule has 1 aromatic carbocycles. The number of hydrogen-bond donors (Lipinski definition) is 2. The zero-order chi connectivity index (χ0) is 13.4. The van der Waals surface area contributed by atoms with E-state index in [4.69, 9.17) is 0 Å². The number of aliphatic hydroxyl groups excluding tert-OH is 1. The normalized spacial score (nSPS) is 25.9. The molecule has 19 heavy (non-hydrogen) atoms. The fourth-order valence-corrected chi connectivity index (χ4v) is 2.79. The second-order valence-electron chi connectivity index (χ2n) is 5.12. The maximum absolute atomic E-state index is 12.5. The second-order valence-corrected chi connectivity index (χ2v) is 5.12. The molecule has 2 heterocycles. The van der Waals surface area contributed by atoms with Gasteiger partial charge in [-0.15, -0.1) is 0 Å². The van der Waals surface area contributed by atoms with E-state index in [9.17, 15) is 14.7 Å². The molecule has 1 unspecified atom stereocenters. The summed E-state index contributed by atoms with van der Waals surface area (Å²) in [5.41, 5.74) is 1.59. The standard InChI is InChI=1S/C14H16N2O3/c17-9-5-6-16(8-9)14(19)11-7-13(18)15-12-4-2-1-3-10(11)12/h1-4,9,11,17H,5-8H2,(H,15,18)/t9-,11?/m1/s1. The van der Waals surface area contributed by atoms with E-state index in [1.165, 1.54) is 0 Å². The fraction of sp³-hybridized carbons (Fsp3) is 0.429. The van der Waals surface area contributed by atoms with Gasteiger partial charge in [0.05, 0.1) is 12.0 Å². The van der Waals surface area contributed by atoms with E-state index in [2.05, 4.69) is 5.32 Å². The Balaban J connectivity index is 1.88. The van der Waals surface area contributed by atoms with Gasteiger partial charge in [-0.05, 0) is 18.1 Å². The summed E-state index contributed by atoms with van der Waals surface area (Å²) in [6.07, 6.45) is 0.367. The number of hydrogen-bond acceptors (Lipinski definition) is 3. The van der Waals surface area contributed by atoms with Gasteiger partial charge in [0.15, 0.2) is 0 Å². The third kappa shape index (κ3) is 2.21. The first kappa shape index (κ1) is 12.2. The van der Waals surface area contributed by atoms with Crippen LogP contribution < -0.4 is 5.32 Å². The molecule has 0 radical (unpaired) electrons. The molecule has 2 aliphatic heterocycles. The van der Waals surface area contributed by atoms with Crippen molar-refractivity contribution in [3.8, 4) is 0 Å². The third-order valence-electron chi connectivity index (χ3n) is 3.77. The highest BCUT2D eigenvalue weighted by Crippen LogP contribution is 2.33. The molecule has 3 rings (SSSR count). The molecule has 100 valence electrons. The van der Waals surface area contributed by atoms with Gasteiger partial charge >= 0.3 is 0 Å². The molecule has 2 atom stereocenters. The molecule has 2 amide bonds. The molecular weight excluding hydrogens is 244 g/mol. The summed E-state index contributed by atoms with van der Waals surface area (Å²) in [5, 5.41) is 12.3. The SMILES string of the molecule is O=C1CC(C(=O)N2CC[C@@H](O)C2)c2ccccc2N1. The number of amides is 2. The van der Waals surface area contributed by atoms with Gasteiger partial charge in [-0.3, -0.25) is 9.59 Å². The Bertz CT molecular complexity index is 529. The molecule has 5 nitrogen and oxygen atoms in total. The number of carbonyl (C=O) groups is 2. The van der Waals surface area contributed by atoms with E-state index in [0.29, 0.717) is 19.5 Å². The Morgan fingerprint density at radius 3 is 2.89 bits per heavy atom. The first-order valence-corrected chi connectivity index (χ1v) is 6.51. The summed E-state index contributed by atoms with van der Waals surface area (Å²) in [5.74, 6) is -0.606. The average Bonchev–Trinajstić information content (AvgIpc) is 2.83. The topological polar surface area (TPSA) is 69.6 Å². The Morgan fingerprint density at radius 2 is 2.16 bits per heavy atom. The lowest BCUT2D eigenvalue weighted by Gasteiger charge is -2.28. The number of benzene rings is 1. The Hall–Kier alpha value is -1.88. The van der Waals surface area contributed by atoms with E-state index in [1.807, 2.05) is 24.3 Å². The number of aliphatic hydroxyl groups is 1. The summed E-state index contributed by atoms with van der Waals surface area (Å²) in [6.45, 7) is 0.944. The van der Waals surface area contributed by atoms with E-state index in [0.717, 1.165) is 11.3 Å². The number of para-hydroxylation sites is 1. The predicted octanol–water partition coefficient (Wildman–Crippen LogP) is 0.706. The van der Waals surface area contributed by atoms with Crippen molar-refractivity contribution in [2.75, 3.05) is 18.4 Å². The van der Waals surface area contributed by atoms with Crippen LogP contribution in [0, 0.1) is 0 Å². The molecule has 1 saturated heterocycles. The van der Waals surface area contributed by atoms with E-state index < -0.39 is 12.0 Å². The van der Waals surface area contributed by atoms with Gasteiger partial charge in [-0.25, -0.2) is 0 Å². The van der Waals surface area contributed by atoms with Crippen molar-refractivity contribution in [2.45, 2.75) is 24.9 Å². The van der Waals surface area contributed by atoms with Crippen molar-refractivity contribution in [1.82, 2.24) is 4.90 Å². The van der Waals surface area contributed by atoms with Gasteiger partial charge in [-0.1, -0.05) is 18.2 Å². The zero-order valence-electron chi connectivity index (χ0n) is 10.5. The maximum atomic E-state index is 12.5. The predicted molar refractivity (Wildman–Crippen MR) is 69.6 cm³/mol. The van der Waals surface area contributed by atoms with Crippen molar-refractivity contribution in [3.63, 3.8) is 0 Å². The van der Waals surface area contributed by atoms with Crippen LogP contribution in [0.25, 0.3) is 0 Å². The van der Waals surface area contributed by atoms with Gasteiger partial charge in [-0.2, -0.15) is 0 Å². The summed E-state index contributed by atoms with van der Waals surface area (Å²) < 4.78 is 0. The first-order valence-electron chi connectivity index (χ1n) is 6.51. The minimum Gasteiger partial charge on any atom is -0.391 e. The van der Waals surface area contributed by atoms with Crippen molar-refractivity contribution in [2.24, 2.45) is 0 Å². The highest BCUT2D eigenvalue weighted by atomic mass is 16.3. The number of carbonyl (C=O) groups excluding carboxylic acids is 2. The largest absolute Gasteiger partial charge is 0.391 e. The fourth-order valence-electron chi connectivity index (χ4n) is 2.79. The van der Waals surface area contributed by atoms with Gasteiger partial charge in [0, 0.05) is 25.2 Å². The van der Waals surface area contributed by atoms with Crippen LogP contribution in [0.1, 0.15) is 24.3 Å². The number of fused-ring (bicyclic) bond motifs is 1. The number of rotatable bonds is 1. The van der Waals surface area contributed by atoms with Crippen LogP contribution in [0.3, 0.4) is 0 Å². The van der Waals surface area contributed by atoms with Gasteiger partial charge < -0.3 is 15.3 Å². The highest BCUT2D eigenvalue weighted by Gasteiger charge is 2.35. The zero-order valence-corrected chi connectivity index (χ0v) is 10.5. The molecule has 0 saturated carbocycles. The van der Waals surface area contributed by atoms with Crippen molar-refractivity contribution in [3.05, 3.63) is 29.8 Å². The van der Waals surface area contributed by atoms with E-state index >= 15 is 0 Å². The summed E-state index contributed by atoms with van der Waals surface area (Å²) in [4.78, 5) is 25.8. The molecule has 2 N–H and O–H groups in total. The van der Waals surface area contributed by atoms with Crippen LogP contribution in [0.4, 0.5) is 5.69 Å². The lowest BCUT2D eigenvalue weighted by Crippen LogP contribution is -2.37. The van der Waals surface area contributed by atoms with Crippen LogP contribution in [-0.4, -0.2) is 41.0 Å². The number of nitrogens with zero attached hydrogens (tertiary/aromatic N) is 1. The number of nitrogens with one attached hydrogen (secondary N) is 1. The molecule has 1 fully saturated rings. The molecular formula is C14H16N2O3. The quantitative estimate of drug-likeness (QED) is 0.781. The van der Waals surface area contributed by atoms with Crippen LogP contribution in [-0.2, 0) is 9.59 Å². The molecule has 2 aliphatic rings. The van der Waals surface area contributed by atoms with Crippen LogP contribution in [0.2, 0.25) is 0 Å². The lowest BCUT2D eigenvalue weighted by atomic mass is 9.89. The average molecular weight is 260 g/mol. The molecule has 0 spiro atoms. The van der Waals surface area contributed by atoms with Crippen molar-refractivity contribution in [1.29, 1.82) is 0 Å². The molecule has 5 heteroatoms. The van der Waals surface area contributed by atoms with Crippen LogP contribution >= 0.6 is 0 Å². The summed E-state index contributed by atoms with van der Waals surface area (Å²) in [7, 11) is 0. The van der Waals surface area contributed by atoms with Gasteiger partial charge in [0.2, 0.25) is 11.8 Å². The number of anilines is 1. The molecule has 0 bridgehead atoms. The lowest BCUT2D eigenvalue weighted by molar-refractivity contribution is -0.134. The molecule has 0 aromatic heterocycles. The Morgan fingerprint density at radius 1 is 1.37 bits per heavy atom. The third-order valence-corrected chi connectivity index (χ3v) is 3.77. The number of likely N-dealkylation sites (tertiary alicyclic amines) is 1. The van der Waals surface area contributed by atoms with Crippen molar-refractivity contribution >= 4 is 17.5 Å². The summed E-state index contributed by atoms with van der Waals surface area (Å²) in [6, 6.07) is 7.40. The maximum Gasteiger partial charge on any atom is 0.230 e. The molecule has 1 aromatic rings. The van der Waals surface area contributed by atoms with E-state index in [1.54, 1.807) is 4.90 Å². The van der Waals surface area contributed by atoms with Crippen LogP contribution in [0.5, 0.6) is 0 Å². The van der Waals surface area contributed by atoms with Gasteiger partial charge in [0.1, 0.15) is 0 Å². The number of β-amino-alcohol motifs (C(OH)–C–C–N with tert-alkyl or cyclic N) is 1. The highest BCUT2D eigenvalue weighted by molar-refractivity contribution is 6.01. The molecule has 0 aliphatic carbocycles. The van der Waals surface area contributed by atoms with Gasteiger partial charge in [0.25, 0.3) is 0 Å². The van der Waals surface area contributed by atoms with Crippen LogP contribution in [0.15, 0.2) is 24.3 Å². The van der Waals surface area contributed by atoms with E-state index in [-0.39, 0.29) is 18.2 Å². The Kier molecular flexibility index (Phi) is 2.98. The monoisotopic (exact) mass is 260 g/mol. The van der Waals surface area contributed by atoms with Crippen molar-refractivity contribution < 1.29 is 14.7 Å².